The topological polar surface area (TPSA) is 74.0 Å². The summed E-state index contributed by atoms with van der Waals surface area (Å²) in [5.41, 5.74) is 5.46. The highest BCUT2D eigenvalue weighted by Gasteiger charge is 2.47. The lowest BCUT2D eigenvalue weighted by Crippen LogP contribution is -2.43. The lowest BCUT2D eigenvalue weighted by molar-refractivity contribution is -0.132. The van der Waals surface area contributed by atoms with E-state index in [-0.39, 0.29) is 37.4 Å². The monoisotopic (exact) mass is 350 g/mol. The zero-order valence-corrected chi connectivity index (χ0v) is 13.2. The number of likely N-dealkylation sites (N-methyl/N-ethyl adjacent to an activating group) is 1. The molecular weight excluding hydrogens is 334 g/mol. The largest absolute Gasteiger partial charge is 0.454 e. The van der Waals surface area contributed by atoms with Crippen molar-refractivity contribution >= 4 is 18.3 Å². The van der Waals surface area contributed by atoms with Crippen molar-refractivity contribution in [3.8, 4) is 17.2 Å². The third kappa shape index (κ3) is 3.59. The van der Waals surface area contributed by atoms with Crippen LogP contribution >= 0.6 is 12.4 Å². The van der Waals surface area contributed by atoms with Crippen molar-refractivity contribution in [1.29, 1.82) is 0 Å². The lowest BCUT2D eigenvalue weighted by Gasteiger charge is -2.22. The van der Waals surface area contributed by atoms with Gasteiger partial charge < -0.3 is 24.8 Å². The minimum absolute atomic E-state index is 0. The quantitative estimate of drug-likeness (QED) is 0.877. The molecule has 0 saturated heterocycles. The molecule has 23 heavy (non-hydrogen) atoms. The van der Waals surface area contributed by atoms with E-state index in [1.807, 2.05) is 0 Å². The van der Waals surface area contributed by atoms with E-state index in [0.717, 1.165) is 0 Å². The molecule has 1 saturated carbocycles. The van der Waals surface area contributed by atoms with Crippen LogP contribution in [-0.4, -0.2) is 36.8 Å². The second-order valence-corrected chi connectivity index (χ2v) is 5.51. The van der Waals surface area contributed by atoms with Crippen molar-refractivity contribution in [1.82, 2.24) is 4.90 Å². The van der Waals surface area contributed by atoms with Crippen molar-refractivity contribution in [2.75, 3.05) is 13.8 Å². The summed E-state index contributed by atoms with van der Waals surface area (Å²) in [5, 5.41) is 0. The number of hydrogen-bond acceptors (Lipinski definition) is 5. The summed E-state index contributed by atoms with van der Waals surface area (Å²) in [6.45, 7) is -2.85. The zero-order chi connectivity index (χ0) is 15.9. The van der Waals surface area contributed by atoms with Gasteiger partial charge >= 0.3 is 6.61 Å². The summed E-state index contributed by atoms with van der Waals surface area (Å²) in [5.74, 6) is 0.520. The molecule has 0 bridgehead atoms. The predicted octanol–water partition coefficient (Wildman–Crippen LogP) is 1.89. The molecule has 0 radical (unpaired) electrons. The first-order valence-corrected chi connectivity index (χ1v) is 6.81. The molecule has 6 nitrogen and oxygen atoms in total. The van der Waals surface area contributed by atoms with Crippen molar-refractivity contribution < 1.29 is 27.8 Å². The average Bonchev–Trinajstić information content (AvgIpc) is 3.04. The van der Waals surface area contributed by atoms with Crippen LogP contribution in [0.2, 0.25) is 0 Å². The van der Waals surface area contributed by atoms with Crippen LogP contribution in [0.3, 0.4) is 0 Å². The molecule has 2 N–H and O–H groups in total. The Hall–Kier alpha value is -1.80. The number of nitrogens with two attached hydrogens (primary N) is 1. The highest BCUT2D eigenvalue weighted by Crippen LogP contribution is 2.40. The van der Waals surface area contributed by atoms with Gasteiger partial charge in [0.25, 0.3) is 0 Å². The van der Waals surface area contributed by atoms with Gasteiger partial charge in [-0.25, -0.2) is 0 Å². The number of rotatable bonds is 5. The second-order valence-electron chi connectivity index (χ2n) is 5.51. The molecular formula is C14H17ClF2N2O4. The maximum absolute atomic E-state index is 12.6. The van der Waals surface area contributed by atoms with Gasteiger partial charge in [-0.3, -0.25) is 4.79 Å². The number of alkyl halides is 2. The predicted molar refractivity (Wildman–Crippen MR) is 79.1 cm³/mol. The molecule has 9 heteroatoms. The zero-order valence-electron chi connectivity index (χ0n) is 12.4. The normalized spacial score (nSPS) is 16.7. The minimum Gasteiger partial charge on any atom is -0.454 e. The first-order chi connectivity index (χ1) is 10.4. The SMILES string of the molecule is CN(Cc1cc2c(cc1OC(F)F)OCO2)C(=O)C1(N)CC1.Cl. The number of amides is 1. The van der Waals surface area contributed by atoms with Crippen LogP contribution in [0.15, 0.2) is 12.1 Å². The van der Waals surface area contributed by atoms with Crippen molar-refractivity contribution in [2.24, 2.45) is 5.73 Å². The van der Waals surface area contributed by atoms with Gasteiger partial charge in [0.1, 0.15) is 5.75 Å². The van der Waals surface area contributed by atoms with Gasteiger partial charge in [0.2, 0.25) is 12.7 Å². The van der Waals surface area contributed by atoms with Crippen LogP contribution in [0, 0.1) is 0 Å². The molecule has 1 amide bonds. The smallest absolute Gasteiger partial charge is 0.387 e. The van der Waals surface area contributed by atoms with E-state index < -0.39 is 12.2 Å². The Morgan fingerprint density at radius 1 is 1.39 bits per heavy atom. The summed E-state index contributed by atoms with van der Waals surface area (Å²) in [4.78, 5) is 13.6. The Bertz CT molecular complexity index is 611. The molecule has 0 atom stereocenters. The summed E-state index contributed by atoms with van der Waals surface area (Å²) >= 11 is 0. The second kappa shape index (κ2) is 6.37. The summed E-state index contributed by atoms with van der Waals surface area (Å²) < 4.78 is 40.0. The average molecular weight is 351 g/mol. The summed E-state index contributed by atoms with van der Waals surface area (Å²) in [7, 11) is 1.58. The van der Waals surface area contributed by atoms with E-state index in [1.165, 1.54) is 11.0 Å². The molecule has 0 spiro atoms. The van der Waals surface area contributed by atoms with Crippen LogP contribution in [0.1, 0.15) is 18.4 Å². The summed E-state index contributed by atoms with van der Waals surface area (Å²) in [6.07, 6.45) is 1.27. The number of halogens is 3. The maximum Gasteiger partial charge on any atom is 0.387 e. The Labute approximate surface area is 137 Å². The maximum atomic E-state index is 12.6. The fraction of sp³-hybridized carbons (Fsp3) is 0.500. The molecule has 2 aliphatic rings. The molecule has 1 aliphatic carbocycles. The van der Waals surface area contributed by atoms with E-state index in [2.05, 4.69) is 4.74 Å². The van der Waals surface area contributed by atoms with E-state index in [0.29, 0.717) is 29.9 Å². The highest BCUT2D eigenvalue weighted by molar-refractivity contribution is 5.88. The molecule has 0 aromatic heterocycles. The van der Waals surface area contributed by atoms with Gasteiger partial charge in [0.15, 0.2) is 11.5 Å². The van der Waals surface area contributed by atoms with Gasteiger partial charge in [-0.2, -0.15) is 8.78 Å². The van der Waals surface area contributed by atoms with Gasteiger partial charge in [-0.05, 0) is 18.9 Å². The number of nitrogens with zero attached hydrogens (tertiary/aromatic N) is 1. The lowest BCUT2D eigenvalue weighted by atomic mass is 10.1. The molecule has 128 valence electrons. The van der Waals surface area contributed by atoms with Crippen molar-refractivity contribution in [2.45, 2.75) is 31.5 Å². The van der Waals surface area contributed by atoms with Gasteiger partial charge in [-0.1, -0.05) is 0 Å². The number of hydrogen-bond donors (Lipinski definition) is 1. The number of fused-ring (bicyclic) bond motifs is 1. The number of benzene rings is 1. The molecule has 3 rings (SSSR count). The standard InChI is InChI=1S/C14H16F2N2O4.ClH/c1-18(12(19)14(17)2-3-14)6-8-4-10-11(21-7-20-10)5-9(8)22-13(15)16;/h4-5,13H,2-3,6-7,17H2,1H3;1H. The number of ether oxygens (including phenoxy) is 3. The minimum atomic E-state index is -2.97. The van der Waals surface area contributed by atoms with Crippen molar-refractivity contribution in [3.63, 3.8) is 0 Å². The van der Waals surface area contributed by atoms with E-state index in [4.69, 9.17) is 15.2 Å². The van der Waals surface area contributed by atoms with E-state index in [9.17, 15) is 13.6 Å². The van der Waals surface area contributed by atoms with Gasteiger partial charge in [0.05, 0.1) is 5.54 Å². The molecule has 1 aliphatic heterocycles. The van der Waals surface area contributed by atoms with E-state index >= 15 is 0 Å². The molecule has 1 aromatic rings. The van der Waals surface area contributed by atoms with E-state index in [1.54, 1.807) is 13.1 Å². The Kier molecular flexibility index (Phi) is 4.86. The Balaban J connectivity index is 0.00000192. The van der Waals surface area contributed by atoms with Crippen LogP contribution in [0.4, 0.5) is 8.78 Å². The van der Waals surface area contributed by atoms with Gasteiger partial charge in [-0.15, -0.1) is 12.4 Å². The van der Waals surface area contributed by atoms with Gasteiger partial charge in [0, 0.05) is 25.2 Å². The van der Waals surface area contributed by atoms with Crippen molar-refractivity contribution in [3.05, 3.63) is 17.7 Å². The molecule has 1 aromatic carbocycles. The first-order valence-electron chi connectivity index (χ1n) is 6.81. The third-order valence-electron chi connectivity index (χ3n) is 3.74. The Morgan fingerprint density at radius 2 is 2.00 bits per heavy atom. The third-order valence-corrected chi connectivity index (χ3v) is 3.74. The highest BCUT2D eigenvalue weighted by atomic mass is 35.5. The van der Waals surface area contributed by atoms with Crippen LogP contribution in [0.5, 0.6) is 17.2 Å². The fourth-order valence-electron chi connectivity index (χ4n) is 2.35. The molecule has 1 fully saturated rings. The fourth-order valence-corrected chi connectivity index (χ4v) is 2.35. The van der Waals surface area contributed by atoms with Crippen LogP contribution in [-0.2, 0) is 11.3 Å². The summed E-state index contributed by atoms with van der Waals surface area (Å²) in [6, 6.07) is 2.89. The number of carbonyl (C=O) groups is 1. The molecule has 1 heterocycles. The van der Waals surface area contributed by atoms with Crippen LogP contribution < -0.4 is 19.9 Å². The first kappa shape index (κ1) is 17.6. The van der Waals surface area contributed by atoms with Crippen LogP contribution in [0.25, 0.3) is 0 Å². The molecule has 0 unspecified atom stereocenters. The number of carbonyl (C=O) groups excluding carboxylic acids is 1. The Morgan fingerprint density at radius 3 is 2.57 bits per heavy atom.